The van der Waals surface area contributed by atoms with Gasteiger partial charge in [-0.05, 0) is 232 Å². The summed E-state index contributed by atoms with van der Waals surface area (Å²) in [6, 6.07) is 79.9. The third-order valence-corrected chi connectivity index (χ3v) is 17.8. The SMILES string of the molecule is COc1c(C)ccc2c(OC)c(-c3ccc4c(c3)Oc3cc(C)ccc3N4c3cc(-c4cc(-c5ccc(C(C)(C)C)cc5)cc(-c5ccc(C(C)(C)C)cc5)c4)cc(-c4cc(-c5ccc(C(C)(C)C)cc5)cc(-c5ccc(C(C)(C)C)cc5)c4)c3)ccc12. The zero-order valence-corrected chi connectivity index (χ0v) is 54.4. The van der Waals surface area contributed by atoms with Crippen LogP contribution in [0.4, 0.5) is 17.1 Å². The molecule has 0 amide bonds. The summed E-state index contributed by atoms with van der Waals surface area (Å²) >= 11 is 0. The average molecular weight is 1150 g/mol. The van der Waals surface area contributed by atoms with Crippen LogP contribution in [0.3, 0.4) is 0 Å². The van der Waals surface area contributed by atoms with Gasteiger partial charge in [0.2, 0.25) is 0 Å². The van der Waals surface area contributed by atoms with Crippen molar-refractivity contribution in [2.45, 2.75) is 119 Å². The molecule has 0 aromatic heterocycles. The van der Waals surface area contributed by atoms with Crippen molar-refractivity contribution in [3.63, 3.8) is 0 Å². The molecule has 11 aromatic carbocycles. The molecule has 0 bridgehead atoms. The highest BCUT2D eigenvalue weighted by Gasteiger charge is 2.29. The maximum absolute atomic E-state index is 7.09. The number of methoxy groups -OCH3 is 2. The van der Waals surface area contributed by atoms with Gasteiger partial charge in [-0.3, -0.25) is 0 Å². The number of anilines is 3. The second kappa shape index (κ2) is 22.5. The van der Waals surface area contributed by atoms with Crippen LogP contribution in [-0.2, 0) is 21.7 Å². The Morgan fingerprint density at radius 2 is 0.614 bits per heavy atom. The van der Waals surface area contributed by atoms with Gasteiger partial charge in [-0.1, -0.05) is 204 Å². The highest BCUT2D eigenvalue weighted by Crippen LogP contribution is 2.54. The standard InChI is InChI=1S/C84H83NO3/c1-52-17-39-75-77(41-52)88-78-51-58(72-37-38-73-74(80(72)87-16)36-18-53(2)79(73)86-15)27-40-76(78)85(75)71-49-65(63-44-59(54-19-28-67(29-20-54)81(3,4)5)42-60(45-63)55-21-30-68(31-22-55)82(6,7)8)48-66(50-71)64-46-61(56-23-32-69(33-24-56)83(9,10)11)43-62(47-64)57-25-34-70(35-26-57)84(12,13)14/h17-51H,1-16H3. The van der Waals surface area contributed by atoms with E-state index >= 15 is 0 Å². The Hall–Kier alpha value is -9.12. The zero-order valence-electron chi connectivity index (χ0n) is 54.4. The Labute approximate surface area is 523 Å². The number of aryl methyl sites for hydroxylation is 2. The first-order chi connectivity index (χ1) is 41.8. The molecular weight excluding hydrogens is 1070 g/mol. The number of nitrogens with zero attached hydrogens (tertiary/aromatic N) is 1. The van der Waals surface area contributed by atoms with Crippen molar-refractivity contribution < 1.29 is 14.2 Å². The zero-order chi connectivity index (χ0) is 62.2. The van der Waals surface area contributed by atoms with Crippen molar-refractivity contribution in [3.05, 3.63) is 246 Å². The van der Waals surface area contributed by atoms with Crippen LogP contribution in [0.1, 0.15) is 116 Å². The Morgan fingerprint density at radius 1 is 0.295 bits per heavy atom. The molecule has 0 atom stereocenters. The quantitative estimate of drug-likeness (QED) is 0.137. The Bertz CT molecular complexity index is 4110. The molecular formula is C84H83NO3. The van der Waals surface area contributed by atoms with E-state index < -0.39 is 0 Å². The van der Waals surface area contributed by atoms with E-state index in [1.165, 1.54) is 44.5 Å². The summed E-state index contributed by atoms with van der Waals surface area (Å²) in [5, 5.41) is 1.99. The largest absolute Gasteiger partial charge is 0.496 e. The van der Waals surface area contributed by atoms with Crippen molar-refractivity contribution in [1.29, 1.82) is 0 Å². The van der Waals surface area contributed by atoms with Crippen molar-refractivity contribution in [2.24, 2.45) is 0 Å². The number of benzene rings is 11. The third kappa shape index (κ3) is 11.7. The maximum atomic E-state index is 7.09. The molecule has 0 radical (unpaired) electrons. The molecule has 4 heteroatoms. The van der Waals surface area contributed by atoms with Gasteiger partial charge in [-0.2, -0.15) is 0 Å². The summed E-state index contributed by atoms with van der Waals surface area (Å²) < 4.78 is 19.3. The van der Waals surface area contributed by atoms with E-state index in [0.29, 0.717) is 0 Å². The fourth-order valence-electron chi connectivity index (χ4n) is 12.5. The van der Waals surface area contributed by atoms with Crippen LogP contribution in [0.2, 0.25) is 0 Å². The van der Waals surface area contributed by atoms with Crippen molar-refractivity contribution in [2.75, 3.05) is 19.1 Å². The van der Waals surface area contributed by atoms with E-state index in [0.717, 1.165) is 118 Å². The first-order valence-corrected chi connectivity index (χ1v) is 31.1. The predicted octanol–water partition coefficient (Wildman–Crippen LogP) is 23.9. The Morgan fingerprint density at radius 3 is 0.989 bits per heavy atom. The molecule has 4 nitrogen and oxygen atoms in total. The van der Waals surface area contributed by atoms with E-state index in [4.69, 9.17) is 14.2 Å². The number of hydrogen-bond donors (Lipinski definition) is 0. The Kier molecular flexibility index (Phi) is 15.2. The lowest BCUT2D eigenvalue weighted by molar-refractivity contribution is 0.414. The summed E-state index contributed by atoms with van der Waals surface area (Å²) in [7, 11) is 3.48. The predicted molar refractivity (Wildman–Crippen MR) is 374 cm³/mol. The molecule has 442 valence electrons. The van der Waals surface area contributed by atoms with E-state index in [-0.39, 0.29) is 21.7 Å². The number of hydrogen-bond acceptors (Lipinski definition) is 4. The molecule has 88 heavy (non-hydrogen) atoms. The van der Waals surface area contributed by atoms with Crippen LogP contribution in [0.25, 0.3) is 88.7 Å². The highest BCUT2D eigenvalue weighted by molar-refractivity contribution is 6.00. The van der Waals surface area contributed by atoms with Gasteiger partial charge in [0.15, 0.2) is 11.5 Å². The van der Waals surface area contributed by atoms with Crippen LogP contribution in [-0.4, -0.2) is 14.2 Å². The minimum absolute atomic E-state index is 0.0221. The maximum Gasteiger partial charge on any atom is 0.152 e. The molecule has 1 aliphatic heterocycles. The summed E-state index contributed by atoms with van der Waals surface area (Å²) in [4.78, 5) is 2.40. The molecule has 1 aliphatic rings. The van der Waals surface area contributed by atoms with Crippen LogP contribution >= 0.6 is 0 Å². The molecule has 0 unspecified atom stereocenters. The van der Waals surface area contributed by atoms with Gasteiger partial charge in [0.1, 0.15) is 11.5 Å². The average Bonchev–Trinajstić information content (AvgIpc) is 1.28. The fraction of sp³-hybridized carbons (Fsp3) is 0.238. The molecule has 0 saturated heterocycles. The lowest BCUT2D eigenvalue weighted by Crippen LogP contribution is -2.16. The first kappa shape index (κ1) is 59.2. The number of fused-ring (bicyclic) bond motifs is 3. The summed E-state index contributed by atoms with van der Waals surface area (Å²) in [5.74, 6) is 3.16. The van der Waals surface area contributed by atoms with Gasteiger partial charge >= 0.3 is 0 Å². The smallest absolute Gasteiger partial charge is 0.152 e. The lowest BCUT2D eigenvalue weighted by Gasteiger charge is -2.34. The molecule has 0 spiro atoms. The van der Waals surface area contributed by atoms with E-state index in [1.54, 1.807) is 14.2 Å². The lowest BCUT2D eigenvalue weighted by atomic mass is 9.84. The van der Waals surface area contributed by atoms with E-state index in [1.807, 2.05) is 0 Å². The van der Waals surface area contributed by atoms with Crippen molar-refractivity contribution >= 4 is 27.8 Å². The van der Waals surface area contributed by atoms with Crippen LogP contribution in [0.5, 0.6) is 23.0 Å². The van der Waals surface area contributed by atoms with Crippen LogP contribution in [0.15, 0.2) is 212 Å². The minimum Gasteiger partial charge on any atom is -0.496 e. The van der Waals surface area contributed by atoms with Gasteiger partial charge in [0.25, 0.3) is 0 Å². The van der Waals surface area contributed by atoms with Gasteiger partial charge in [-0.15, -0.1) is 0 Å². The molecule has 12 rings (SSSR count). The van der Waals surface area contributed by atoms with Gasteiger partial charge in [-0.25, -0.2) is 0 Å². The molecule has 0 N–H and O–H groups in total. The number of ether oxygens (including phenoxy) is 3. The normalized spacial score (nSPS) is 12.6. The molecule has 0 saturated carbocycles. The van der Waals surface area contributed by atoms with E-state index in [9.17, 15) is 0 Å². The Balaban J connectivity index is 1.11. The van der Waals surface area contributed by atoms with Crippen molar-refractivity contribution in [3.8, 4) is 101 Å². The topological polar surface area (TPSA) is 30.9 Å². The second-order valence-electron chi connectivity index (χ2n) is 28.4. The van der Waals surface area contributed by atoms with Gasteiger partial charge in [0.05, 0.1) is 25.6 Å². The monoisotopic (exact) mass is 1150 g/mol. The fourth-order valence-corrected chi connectivity index (χ4v) is 12.5. The van der Waals surface area contributed by atoms with Crippen LogP contribution < -0.4 is 19.1 Å². The third-order valence-electron chi connectivity index (χ3n) is 17.8. The minimum atomic E-state index is 0.0221. The van der Waals surface area contributed by atoms with Gasteiger partial charge < -0.3 is 19.1 Å². The summed E-state index contributed by atoms with van der Waals surface area (Å²) in [6.45, 7) is 31.6. The first-order valence-electron chi connectivity index (χ1n) is 31.1. The summed E-state index contributed by atoms with van der Waals surface area (Å²) in [5.41, 5.74) is 26.1. The molecule has 0 aliphatic carbocycles. The molecule has 1 heterocycles. The second-order valence-corrected chi connectivity index (χ2v) is 28.4. The molecule has 11 aromatic rings. The van der Waals surface area contributed by atoms with E-state index in [2.05, 4.69) is 314 Å². The molecule has 0 fully saturated rings. The summed E-state index contributed by atoms with van der Waals surface area (Å²) in [6.07, 6.45) is 0. The highest BCUT2D eigenvalue weighted by atomic mass is 16.5. The van der Waals surface area contributed by atoms with Gasteiger partial charge in [0, 0.05) is 22.0 Å². The number of rotatable bonds is 10. The van der Waals surface area contributed by atoms with Crippen LogP contribution in [0, 0.1) is 13.8 Å². The van der Waals surface area contributed by atoms with Crippen molar-refractivity contribution in [1.82, 2.24) is 0 Å².